The van der Waals surface area contributed by atoms with Crippen LogP contribution < -0.4 is 10.6 Å². The number of urea groups is 1. The van der Waals surface area contributed by atoms with Crippen molar-refractivity contribution in [3.8, 4) is 0 Å². The molecule has 1 atom stereocenters. The SMILES string of the molecule is CC1(NC(=O)NCc2noc3ccc(F)cc23)CCN(Cc2ccccc2)C1. The molecule has 2 amide bonds. The molecule has 28 heavy (non-hydrogen) atoms. The van der Waals surface area contributed by atoms with E-state index in [0.29, 0.717) is 16.7 Å². The van der Waals surface area contributed by atoms with Gasteiger partial charge in [-0.1, -0.05) is 35.5 Å². The van der Waals surface area contributed by atoms with Gasteiger partial charge < -0.3 is 15.2 Å². The van der Waals surface area contributed by atoms with Crippen LogP contribution in [0.3, 0.4) is 0 Å². The van der Waals surface area contributed by atoms with Gasteiger partial charge in [-0.25, -0.2) is 9.18 Å². The largest absolute Gasteiger partial charge is 0.356 e. The minimum absolute atomic E-state index is 0.173. The summed E-state index contributed by atoms with van der Waals surface area (Å²) in [5.74, 6) is -0.363. The molecule has 146 valence electrons. The fraction of sp³-hybridized carbons (Fsp3) is 0.333. The second-order valence-corrected chi connectivity index (χ2v) is 7.58. The number of aromatic nitrogens is 1. The molecule has 1 aliphatic heterocycles. The lowest BCUT2D eigenvalue weighted by Crippen LogP contribution is -2.51. The molecule has 0 spiro atoms. The summed E-state index contributed by atoms with van der Waals surface area (Å²) in [4.78, 5) is 14.7. The van der Waals surface area contributed by atoms with Crippen LogP contribution in [0, 0.1) is 5.82 Å². The zero-order valence-corrected chi connectivity index (χ0v) is 15.7. The predicted molar refractivity (Wildman–Crippen MR) is 104 cm³/mol. The Hall–Kier alpha value is -2.93. The molecule has 1 fully saturated rings. The van der Waals surface area contributed by atoms with Crippen molar-refractivity contribution in [2.75, 3.05) is 13.1 Å². The molecule has 0 saturated carbocycles. The molecule has 1 aliphatic rings. The lowest BCUT2D eigenvalue weighted by Gasteiger charge is -2.26. The fourth-order valence-electron chi connectivity index (χ4n) is 3.71. The number of likely N-dealkylation sites (tertiary alicyclic amines) is 1. The molecule has 1 saturated heterocycles. The van der Waals surface area contributed by atoms with E-state index in [9.17, 15) is 9.18 Å². The van der Waals surface area contributed by atoms with Gasteiger partial charge in [-0.2, -0.15) is 0 Å². The van der Waals surface area contributed by atoms with Gasteiger partial charge in [-0.05, 0) is 37.1 Å². The van der Waals surface area contributed by atoms with E-state index in [-0.39, 0.29) is 23.9 Å². The van der Waals surface area contributed by atoms with E-state index in [1.807, 2.05) is 18.2 Å². The topological polar surface area (TPSA) is 70.4 Å². The van der Waals surface area contributed by atoms with Crippen molar-refractivity contribution >= 4 is 17.0 Å². The van der Waals surface area contributed by atoms with E-state index >= 15 is 0 Å². The van der Waals surface area contributed by atoms with E-state index in [0.717, 1.165) is 26.1 Å². The molecule has 0 aliphatic carbocycles. The number of nitrogens with one attached hydrogen (secondary N) is 2. The first-order chi connectivity index (χ1) is 13.5. The molecule has 0 radical (unpaired) electrons. The smallest absolute Gasteiger partial charge is 0.315 e. The summed E-state index contributed by atoms with van der Waals surface area (Å²) in [7, 11) is 0. The van der Waals surface area contributed by atoms with Crippen molar-refractivity contribution in [1.82, 2.24) is 20.7 Å². The molecule has 0 bridgehead atoms. The number of benzene rings is 2. The van der Waals surface area contributed by atoms with Crippen molar-refractivity contribution in [3.05, 3.63) is 65.6 Å². The van der Waals surface area contributed by atoms with Crippen LogP contribution in [0.5, 0.6) is 0 Å². The number of rotatable bonds is 5. The third kappa shape index (κ3) is 4.14. The Balaban J connectivity index is 1.31. The quantitative estimate of drug-likeness (QED) is 0.709. The number of carbonyl (C=O) groups is 1. The number of hydrogen-bond donors (Lipinski definition) is 2. The van der Waals surface area contributed by atoms with Gasteiger partial charge in [-0.3, -0.25) is 4.90 Å². The van der Waals surface area contributed by atoms with Crippen LogP contribution in [0.2, 0.25) is 0 Å². The second-order valence-electron chi connectivity index (χ2n) is 7.58. The van der Waals surface area contributed by atoms with Crippen LogP contribution in [-0.2, 0) is 13.1 Å². The van der Waals surface area contributed by atoms with Crippen LogP contribution in [0.4, 0.5) is 9.18 Å². The minimum Gasteiger partial charge on any atom is -0.356 e. The Bertz CT molecular complexity index is 975. The van der Waals surface area contributed by atoms with Crippen molar-refractivity contribution in [1.29, 1.82) is 0 Å². The summed E-state index contributed by atoms with van der Waals surface area (Å²) < 4.78 is 18.6. The first kappa shape index (κ1) is 18.4. The Morgan fingerprint density at radius 1 is 1.29 bits per heavy atom. The highest BCUT2D eigenvalue weighted by Gasteiger charge is 2.35. The van der Waals surface area contributed by atoms with Crippen molar-refractivity contribution in [3.63, 3.8) is 0 Å². The van der Waals surface area contributed by atoms with Crippen molar-refractivity contribution in [2.24, 2.45) is 0 Å². The monoisotopic (exact) mass is 382 g/mol. The predicted octanol–water partition coefficient (Wildman–Crippen LogP) is 3.43. The van der Waals surface area contributed by atoms with Gasteiger partial charge >= 0.3 is 6.03 Å². The minimum atomic E-state index is -0.363. The van der Waals surface area contributed by atoms with E-state index in [1.165, 1.54) is 23.8 Å². The molecule has 7 heteroatoms. The van der Waals surface area contributed by atoms with Gasteiger partial charge in [0, 0.05) is 25.0 Å². The Kier molecular flexibility index (Phi) is 5.00. The summed E-state index contributed by atoms with van der Waals surface area (Å²) in [5.41, 5.74) is 1.97. The number of amides is 2. The molecule has 4 rings (SSSR count). The summed E-state index contributed by atoms with van der Waals surface area (Å²) in [6, 6.07) is 14.3. The Morgan fingerprint density at radius 3 is 2.93 bits per heavy atom. The van der Waals surface area contributed by atoms with Gasteiger partial charge in [0.25, 0.3) is 0 Å². The molecule has 6 nitrogen and oxygen atoms in total. The summed E-state index contributed by atoms with van der Waals surface area (Å²) in [6.07, 6.45) is 0.880. The average molecular weight is 382 g/mol. The van der Waals surface area contributed by atoms with Gasteiger partial charge in [0.15, 0.2) is 5.58 Å². The zero-order valence-electron chi connectivity index (χ0n) is 15.7. The molecule has 1 aromatic heterocycles. The third-order valence-corrected chi connectivity index (χ3v) is 5.14. The highest BCUT2D eigenvalue weighted by molar-refractivity contribution is 5.80. The molecule has 2 N–H and O–H groups in total. The van der Waals surface area contributed by atoms with Crippen LogP contribution >= 0.6 is 0 Å². The van der Waals surface area contributed by atoms with Crippen LogP contribution in [0.1, 0.15) is 24.6 Å². The highest BCUT2D eigenvalue weighted by Crippen LogP contribution is 2.23. The normalized spacial score (nSPS) is 19.8. The standard InChI is InChI=1S/C21H23FN4O2/c1-21(9-10-26(14-21)13-15-5-3-2-4-6-15)24-20(27)23-12-18-17-11-16(22)7-8-19(17)28-25-18/h2-8,11H,9-10,12-14H2,1H3,(H2,23,24,27). The Labute approximate surface area is 162 Å². The maximum Gasteiger partial charge on any atom is 0.315 e. The first-order valence-electron chi connectivity index (χ1n) is 9.37. The van der Waals surface area contributed by atoms with Crippen LogP contribution in [-0.4, -0.2) is 34.7 Å². The van der Waals surface area contributed by atoms with Crippen molar-refractivity contribution in [2.45, 2.75) is 32.0 Å². The van der Waals surface area contributed by atoms with Crippen molar-refractivity contribution < 1.29 is 13.7 Å². The second kappa shape index (κ2) is 7.59. The first-order valence-corrected chi connectivity index (χ1v) is 9.37. The highest BCUT2D eigenvalue weighted by atomic mass is 19.1. The molecular weight excluding hydrogens is 359 g/mol. The summed E-state index contributed by atoms with van der Waals surface area (Å²) >= 11 is 0. The number of halogens is 1. The number of nitrogens with zero attached hydrogens (tertiary/aromatic N) is 2. The van der Waals surface area contributed by atoms with Gasteiger partial charge in [0.05, 0.1) is 12.1 Å². The van der Waals surface area contributed by atoms with E-state index in [4.69, 9.17) is 4.52 Å². The lowest BCUT2D eigenvalue weighted by atomic mass is 10.0. The molecule has 3 aromatic rings. The maximum atomic E-state index is 13.4. The molecule has 1 unspecified atom stereocenters. The van der Waals surface area contributed by atoms with Crippen LogP contribution in [0.15, 0.2) is 53.1 Å². The number of carbonyl (C=O) groups excluding carboxylic acids is 1. The third-order valence-electron chi connectivity index (χ3n) is 5.14. The summed E-state index contributed by atoms with van der Waals surface area (Å²) in [5, 5.41) is 10.4. The van der Waals surface area contributed by atoms with E-state index < -0.39 is 0 Å². The molecule has 2 heterocycles. The number of hydrogen-bond acceptors (Lipinski definition) is 4. The summed E-state index contributed by atoms with van der Waals surface area (Å²) in [6.45, 7) is 4.81. The number of fused-ring (bicyclic) bond motifs is 1. The average Bonchev–Trinajstić information content (AvgIpc) is 3.24. The Morgan fingerprint density at radius 2 is 2.11 bits per heavy atom. The van der Waals surface area contributed by atoms with Gasteiger partial charge in [-0.15, -0.1) is 0 Å². The lowest BCUT2D eigenvalue weighted by molar-refractivity contribution is 0.224. The zero-order chi connectivity index (χ0) is 19.6. The van der Waals surface area contributed by atoms with Gasteiger partial charge in [0.1, 0.15) is 11.5 Å². The van der Waals surface area contributed by atoms with Gasteiger partial charge in [0.2, 0.25) is 0 Å². The van der Waals surface area contributed by atoms with Crippen LogP contribution in [0.25, 0.3) is 11.0 Å². The molecular formula is C21H23FN4O2. The fourth-order valence-corrected chi connectivity index (χ4v) is 3.71. The maximum absolute atomic E-state index is 13.4. The van der Waals surface area contributed by atoms with E-state index in [2.05, 4.69) is 39.7 Å². The van der Waals surface area contributed by atoms with E-state index in [1.54, 1.807) is 0 Å². The molecule has 2 aromatic carbocycles.